The number of anilines is 1. The number of fused-ring (bicyclic) bond motifs is 2. The molecule has 40 heavy (non-hydrogen) atoms. The molecule has 0 radical (unpaired) electrons. The number of amides is 1. The molecule has 1 amide bonds. The molecule has 0 saturated carbocycles. The van der Waals surface area contributed by atoms with Gasteiger partial charge in [0.15, 0.2) is 11.5 Å². The highest BCUT2D eigenvalue weighted by atomic mass is 35.5. The smallest absolute Gasteiger partial charge is 0.270 e. The van der Waals surface area contributed by atoms with Gasteiger partial charge in [-0.2, -0.15) is 0 Å². The highest BCUT2D eigenvalue weighted by Crippen LogP contribution is 2.67. The average Bonchev–Trinajstić information content (AvgIpc) is 3.49. The first kappa shape index (κ1) is 24.6. The molecule has 2 saturated heterocycles. The maximum Gasteiger partial charge on any atom is 0.270 e. The van der Waals surface area contributed by atoms with Gasteiger partial charge in [0.2, 0.25) is 0 Å². The normalized spacial score (nSPS) is 28.1. The van der Waals surface area contributed by atoms with Crippen LogP contribution in [0.5, 0.6) is 11.5 Å². The lowest BCUT2D eigenvalue weighted by Gasteiger charge is -2.57. The van der Waals surface area contributed by atoms with E-state index in [2.05, 4.69) is 53.0 Å². The van der Waals surface area contributed by atoms with E-state index in [-0.39, 0.29) is 17.4 Å². The van der Waals surface area contributed by atoms with Gasteiger partial charge in [-0.1, -0.05) is 17.7 Å². The van der Waals surface area contributed by atoms with Crippen LogP contribution in [-0.4, -0.2) is 73.6 Å². The fourth-order valence-electron chi connectivity index (χ4n) is 8.63. The van der Waals surface area contributed by atoms with Gasteiger partial charge < -0.3 is 29.2 Å². The van der Waals surface area contributed by atoms with Crippen molar-refractivity contribution in [1.29, 1.82) is 0 Å². The van der Waals surface area contributed by atoms with E-state index in [0.29, 0.717) is 25.0 Å². The number of hydrogen-bond donors (Lipinski definition) is 1. The molecular weight excluding hydrogens is 524 g/mol. The lowest BCUT2D eigenvalue weighted by atomic mass is 9.51. The largest absolute Gasteiger partial charge is 0.493 e. The summed E-state index contributed by atoms with van der Waals surface area (Å²) in [5, 5.41) is 0.739. The number of nitrogens with one attached hydrogen (secondary N) is 1. The zero-order valence-electron chi connectivity index (χ0n) is 23.3. The number of carbonyl (C=O) groups excluding carboxylic acids is 1. The first-order valence-electron chi connectivity index (χ1n) is 14.5. The van der Waals surface area contributed by atoms with E-state index in [1.165, 1.54) is 16.7 Å². The summed E-state index contributed by atoms with van der Waals surface area (Å²) in [4.78, 5) is 24.5. The molecule has 8 heteroatoms. The Hall–Kier alpha value is -3.16. The summed E-state index contributed by atoms with van der Waals surface area (Å²) in [6, 6.07) is 12.7. The van der Waals surface area contributed by atoms with Crippen molar-refractivity contribution in [1.82, 2.24) is 14.8 Å². The molecule has 7 nitrogen and oxygen atoms in total. The van der Waals surface area contributed by atoms with Gasteiger partial charge in [-0.05, 0) is 92.7 Å². The van der Waals surface area contributed by atoms with Crippen molar-refractivity contribution in [2.45, 2.75) is 43.7 Å². The molecule has 2 fully saturated rings. The van der Waals surface area contributed by atoms with E-state index in [0.717, 1.165) is 78.1 Å². The number of hydrogen-bond acceptors (Lipinski definition) is 5. The summed E-state index contributed by atoms with van der Waals surface area (Å²) in [5.74, 6) is 2.28. The number of carbonyl (C=O) groups is 1. The minimum atomic E-state index is -0.121. The summed E-state index contributed by atoms with van der Waals surface area (Å²) in [6.07, 6.45) is 2.94. The number of piperidine rings is 1. The van der Waals surface area contributed by atoms with Gasteiger partial charge in [0, 0.05) is 53.9 Å². The third-order valence-electron chi connectivity index (χ3n) is 10.7. The Kier molecular flexibility index (Phi) is 5.34. The van der Waals surface area contributed by atoms with E-state index in [1.807, 2.05) is 17.0 Å². The Morgan fingerprint density at radius 1 is 1.07 bits per heavy atom. The molecule has 4 atom stereocenters. The quantitative estimate of drug-likeness (QED) is 0.503. The molecule has 1 N–H and O–H groups in total. The van der Waals surface area contributed by atoms with E-state index in [4.69, 9.17) is 21.1 Å². The number of aromatic nitrogens is 1. The van der Waals surface area contributed by atoms with Gasteiger partial charge in [-0.3, -0.25) is 4.79 Å². The van der Waals surface area contributed by atoms with E-state index < -0.39 is 0 Å². The average molecular weight is 559 g/mol. The molecule has 3 aliphatic heterocycles. The standard InChI is InChI=1S/C32H35ClN4O3/c1-18-22-17-23-24-16-19-4-9-25(39-3)29-26(19)32(23,10-11-35(24)2)30(40-29)28(22)34-27(18)31(38)37-14-12-36(13-15-37)21-7-5-20(33)6-8-21/h4-9,23-24,30,34H,10-17H2,1-3H3/t23?,24-,30-,32-/m0/s1. The third-order valence-corrected chi connectivity index (χ3v) is 10.9. The Morgan fingerprint density at radius 2 is 1.85 bits per heavy atom. The van der Waals surface area contributed by atoms with E-state index in [1.54, 1.807) is 7.11 Å². The highest BCUT2D eigenvalue weighted by molar-refractivity contribution is 6.30. The summed E-state index contributed by atoms with van der Waals surface area (Å²) >= 11 is 6.08. The predicted octanol–water partition coefficient (Wildman–Crippen LogP) is 4.75. The van der Waals surface area contributed by atoms with Gasteiger partial charge in [0.05, 0.1) is 12.8 Å². The molecule has 3 aromatic rings. The third kappa shape index (κ3) is 3.19. The number of H-pyrrole nitrogens is 1. The van der Waals surface area contributed by atoms with Crippen LogP contribution in [0.3, 0.4) is 0 Å². The van der Waals surface area contributed by atoms with Crippen LogP contribution >= 0.6 is 11.6 Å². The first-order valence-corrected chi connectivity index (χ1v) is 14.9. The Balaban J connectivity index is 1.14. The zero-order valence-corrected chi connectivity index (χ0v) is 24.1. The second-order valence-electron chi connectivity index (χ2n) is 12.3. The minimum Gasteiger partial charge on any atom is -0.493 e. The predicted molar refractivity (Wildman–Crippen MR) is 155 cm³/mol. The van der Waals surface area contributed by atoms with Crippen LogP contribution in [0.2, 0.25) is 5.02 Å². The molecule has 1 unspecified atom stereocenters. The van der Waals surface area contributed by atoms with Crippen molar-refractivity contribution >= 4 is 23.2 Å². The number of methoxy groups -OCH3 is 1. The van der Waals surface area contributed by atoms with Crippen molar-refractivity contribution in [3.05, 3.63) is 75.1 Å². The summed E-state index contributed by atoms with van der Waals surface area (Å²) in [5.41, 5.74) is 8.04. The highest BCUT2D eigenvalue weighted by Gasteiger charge is 2.65. The van der Waals surface area contributed by atoms with Crippen molar-refractivity contribution < 1.29 is 14.3 Å². The van der Waals surface area contributed by atoms with Crippen LogP contribution in [0, 0.1) is 12.8 Å². The number of piperazine rings is 1. The molecule has 2 aliphatic carbocycles. The number of likely N-dealkylation sites (tertiary alicyclic amines) is 1. The second kappa shape index (κ2) is 8.67. The van der Waals surface area contributed by atoms with Gasteiger partial charge in [0.25, 0.3) is 5.91 Å². The number of nitrogens with zero attached hydrogens (tertiary/aromatic N) is 3. The van der Waals surface area contributed by atoms with Gasteiger partial charge in [-0.25, -0.2) is 0 Å². The molecule has 8 rings (SSSR count). The van der Waals surface area contributed by atoms with Crippen LogP contribution in [0.25, 0.3) is 0 Å². The van der Waals surface area contributed by atoms with Crippen molar-refractivity contribution in [2.75, 3.05) is 51.8 Å². The Morgan fingerprint density at radius 3 is 2.60 bits per heavy atom. The zero-order chi connectivity index (χ0) is 27.3. The monoisotopic (exact) mass is 558 g/mol. The molecule has 1 aromatic heterocycles. The number of likely N-dealkylation sites (N-methyl/N-ethyl adjacent to an activating group) is 1. The summed E-state index contributed by atoms with van der Waals surface area (Å²) in [7, 11) is 4.00. The van der Waals surface area contributed by atoms with Crippen LogP contribution in [0.15, 0.2) is 36.4 Å². The van der Waals surface area contributed by atoms with E-state index >= 15 is 0 Å². The maximum atomic E-state index is 14.0. The SMILES string of the molecule is COc1ccc2c3c1O[C@H]1c4[nH]c(C(=O)N5CCN(c6ccc(Cl)cc6)CC5)c(C)c4CC4[C@H](C2)N(C)CC[C@@]341. The molecule has 208 valence electrons. The van der Waals surface area contributed by atoms with Crippen LogP contribution < -0.4 is 14.4 Å². The van der Waals surface area contributed by atoms with Gasteiger partial charge in [-0.15, -0.1) is 0 Å². The number of aromatic amines is 1. The molecule has 2 bridgehead atoms. The first-order chi connectivity index (χ1) is 19.4. The Bertz CT molecular complexity index is 1530. The Labute approximate surface area is 240 Å². The van der Waals surface area contributed by atoms with Crippen LogP contribution in [0.1, 0.15) is 51.0 Å². The lowest BCUT2D eigenvalue weighted by Crippen LogP contribution is -2.62. The van der Waals surface area contributed by atoms with E-state index in [9.17, 15) is 4.79 Å². The van der Waals surface area contributed by atoms with Gasteiger partial charge in [0.1, 0.15) is 11.8 Å². The topological polar surface area (TPSA) is 61.0 Å². The molecule has 2 aromatic carbocycles. The molecular formula is C32H35ClN4O3. The fourth-order valence-corrected chi connectivity index (χ4v) is 8.75. The summed E-state index contributed by atoms with van der Waals surface area (Å²) < 4.78 is 12.7. The van der Waals surface area contributed by atoms with Crippen LogP contribution in [-0.2, 0) is 18.3 Å². The number of benzene rings is 2. The molecule has 4 heterocycles. The fraction of sp³-hybridized carbons (Fsp3) is 0.469. The van der Waals surface area contributed by atoms with Crippen molar-refractivity contribution in [3.8, 4) is 11.5 Å². The van der Waals surface area contributed by atoms with Crippen molar-refractivity contribution in [3.63, 3.8) is 0 Å². The summed E-state index contributed by atoms with van der Waals surface area (Å²) in [6.45, 7) is 6.16. The number of rotatable bonds is 3. The second-order valence-corrected chi connectivity index (χ2v) is 12.7. The molecule has 5 aliphatic rings. The van der Waals surface area contributed by atoms with Gasteiger partial charge >= 0.3 is 0 Å². The lowest BCUT2D eigenvalue weighted by molar-refractivity contribution is -0.0256. The number of ether oxygens (including phenoxy) is 2. The molecule has 1 spiro atoms. The maximum absolute atomic E-state index is 14.0. The van der Waals surface area contributed by atoms with Crippen LogP contribution in [0.4, 0.5) is 5.69 Å². The minimum absolute atomic E-state index is 0.0799. The van der Waals surface area contributed by atoms with Crippen molar-refractivity contribution in [2.24, 2.45) is 5.92 Å². The number of halogens is 1.